The number of aromatic nitrogens is 7. The van der Waals surface area contributed by atoms with Gasteiger partial charge in [0.1, 0.15) is 0 Å². The molecule has 0 N–H and O–H groups in total. The summed E-state index contributed by atoms with van der Waals surface area (Å²) in [5.74, 6) is 1.17. The highest BCUT2D eigenvalue weighted by molar-refractivity contribution is 6.12. The van der Waals surface area contributed by atoms with E-state index in [4.69, 9.17) is 20.1 Å². The van der Waals surface area contributed by atoms with Gasteiger partial charge in [0.05, 0.1) is 39.0 Å². The first kappa shape index (κ1) is 33.0. The van der Waals surface area contributed by atoms with Gasteiger partial charge in [-0.2, -0.15) is 4.98 Å². The van der Waals surface area contributed by atoms with Gasteiger partial charge in [0.2, 0.25) is 0 Å². The molecule has 12 aromatic rings. The van der Waals surface area contributed by atoms with Crippen molar-refractivity contribution >= 4 is 49.3 Å². The van der Waals surface area contributed by atoms with Gasteiger partial charge in [0, 0.05) is 44.6 Å². The molecule has 276 valence electrons. The molecule has 0 saturated carbocycles. The maximum absolute atomic E-state index is 5.24. The third-order valence-corrected chi connectivity index (χ3v) is 11.4. The highest BCUT2D eigenvalue weighted by Crippen LogP contribution is 2.38. The molecule has 59 heavy (non-hydrogen) atoms. The van der Waals surface area contributed by atoms with Crippen LogP contribution in [-0.2, 0) is 0 Å². The SMILES string of the molecule is c1ccc(-c2cc(-c3ccccc3)nc(-c3cccn4nc(-n5c6ccccc6c6cc(-c7ccc8c(c7)c7ccccc7n8-c7ccccc7)ccc65)nc34)n2)cc1. The Labute approximate surface area is 338 Å². The van der Waals surface area contributed by atoms with Gasteiger partial charge >= 0.3 is 0 Å². The zero-order valence-corrected chi connectivity index (χ0v) is 31.7. The third-order valence-electron chi connectivity index (χ3n) is 11.4. The number of hydrogen-bond acceptors (Lipinski definition) is 4. The van der Waals surface area contributed by atoms with Crippen molar-refractivity contribution in [1.29, 1.82) is 0 Å². The molecule has 0 atom stereocenters. The number of fused-ring (bicyclic) bond motifs is 7. The summed E-state index contributed by atoms with van der Waals surface area (Å²) in [6, 6.07) is 67.8. The molecular formula is C52H33N7. The van der Waals surface area contributed by atoms with Gasteiger partial charge in [-0.1, -0.05) is 127 Å². The standard InChI is InChI=1S/C52H33N7/c1-4-15-34(16-5-1)44-33-45(35-17-6-2-7-18-35)54-50(53-44)41-23-14-30-57-51(41)55-52(56-57)59-47-25-13-11-22-40(47)43-32-37(27-29-49(43)59)36-26-28-48-42(31-36)39-21-10-12-24-46(39)58(48)38-19-8-3-9-20-38/h1-33H. The number of hydrogen-bond donors (Lipinski definition) is 0. The van der Waals surface area contributed by atoms with E-state index in [9.17, 15) is 0 Å². The number of benzene rings is 7. The van der Waals surface area contributed by atoms with Gasteiger partial charge in [-0.25, -0.2) is 14.5 Å². The van der Waals surface area contributed by atoms with Crippen LogP contribution in [-0.4, -0.2) is 33.7 Å². The fraction of sp³-hybridized carbons (Fsp3) is 0. The van der Waals surface area contributed by atoms with Crippen molar-refractivity contribution in [3.63, 3.8) is 0 Å². The number of para-hydroxylation sites is 3. The Morgan fingerprint density at radius 3 is 1.47 bits per heavy atom. The van der Waals surface area contributed by atoms with E-state index in [1.54, 1.807) is 0 Å². The molecular weight excluding hydrogens is 723 g/mol. The van der Waals surface area contributed by atoms with Gasteiger partial charge in [-0.15, -0.1) is 5.10 Å². The predicted octanol–water partition coefficient (Wildman–Crippen LogP) is 12.4. The minimum absolute atomic E-state index is 0.578. The molecule has 0 aliphatic heterocycles. The molecule has 5 aromatic heterocycles. The topological polar surface area (TPSA) is 65.8 Å². The summed E-state index contributed by atoms with van der Waals surface area (Å²) < 4.78 is 6.35. The lowest BCUT2D eigenvalue weighted by Gasteiger charge is -2.09. The van der Waals surface area contributed by atoms with Gasteiger partial charge in [0.25, 0.3) is 5.95 Å². The van der Waals surface area contributed by atoms with Crippen LogP contribution in [0.25, 0.3) is 106 Å². The summed E-state index contributed by atoms with van der Waals surface area (Å²) in [5.41, 5.74) is 13.1. The highest BCUT2D eigenvalue weighted by Gasteiger charge is 2.20. The van der Waals surface area contributed by atoms with Crippen LogP contribution in [0.3, 0.4) is 0 Å². The van der Waals surface area contributed by atoms with E-state index in [0.717, 1.165) is 66.7 Å². The second-order valence-electron chi connectivity index (χ2n) is 14.8. The molecule has 5 heterocycles. The maximum atomic E-state index is 5.24. The van der Waals surface area contributed by atoms with Crippen molar-refractivity contribution in [2.45, 2.75) is 0 Å². The van der Waals surface area contributed by atoms with Crippen molar-refractivity contribution in [3.05, 3.63) is 200 Å². The number of nitrogens with zero attached hydrogens (tertiary/aromatic N) is 7. The minimum atomic E-state index is 0.578. The number of pyridine rings is 1. The summed E-state index contributed by atoms with van der Waals surface area (Å²) in [5, 5.41) is 9.81. The first-order valence-corrected chi connectivity index (χ1v) is 19.7. The van der Waals surface area contributed by atoms with Crippen molar-refractivity contribution < 1.29 is 0 Å². The van der Waals surface area contributed by atoms with Crippen molar-refractivity contribution in [2.75, 3.05) is 0 Å². The molecule has 7 heteroatoms. The van der Waals surface area contributed by atoms with Crippen LogP contribution in [0.15, 0.2) is 200 Å². The van der Waals surface area contributed by atoms with Crippen LogP contribution in [0.2, 0.25) is 0 Å². The van der Waals surface area contributed by atoms with Crippen molar-refractivity contribution in [3.8, 4) is 56.7 Å². The van der Waals surface area contributed by atoms with Crippen molar-refractivity contribution in [1.82, 2.24) is 33.7 Å². The van der Waals surface area contributed by atoms with E-state index in [0.29, 0.717) is 17.4 Å². The average molecular weight is 756 g/mol. The minimum Gasteiger partial charge on any atom is -0.309 e. The Hall–Kier alpha value is -8.16. The van der Waals surface area contributed by atoms with Crippen LogP contribution >= 0.6 is 0 Å². The second kappa shape index (κ2) is 13.2. The average Bonchev–Trinajstić information content (AvgIpc) is 3.99. The third kappa shape index (κ3) is 5.36. The van der Waals surface area contributed by atoms with Gasteiger partial charge in [0.15, 0.2) is 11.5 Å². The van der Waals surface area contributed by atoms with E-state index in [1.165, 1.54) is 21.8 Å². The van der Waals surface area contributed by atoms with E-state index < -0.39 is 0 Å². The molecule has 0 unspecified atom stereocenters. The molecule has 7 nitrogen and oxygen atoms in total. The molecule has 0 aliphatic carbocycles. The van der Waals surface area contributed by atoms with E-state index >= 15 is 0 Å². The smallest absolute Gasteiger partial charge is 0.254 e. The second-order valence-corrected chi connectivity index (χ2v) is 14.8. The summed E-state index contributed by atoms with van der Waals surface area (Å²) >= 11 is 0. The molecule has 12 rings (SSSR count). The Balaban J connectivity index is 1.00. The van der Waals surface area contributed by atoms with Crippen LogP contribution in [0.1, 0.15) is 0 Å². The fourth-order valence-electron chi connectivity index (χ4n) is 8.62. The van der Waals surface area contributed by atoms with Gasteiger partial charge in [-0.3, -0.25) is 4.57 Å². The van der Waals surface area contributed by atoms with Crippen LogP contribution < -0.4 is 0 Å². The predicted molar refractivity (Wildman–Crippen MR) is 239 cm³/mol. The highest BCUT2D eigenvalue weighted by atomic mass is 15.4. The first-order valence-electron chi connectivity index (χ1n) is 19.7. The zero-order valence-electron chi connectivity index (χ0n) is 31.7. The molecule has 0 saturated heterocycles. The largest absolute Gasteiger partial charge is 0.309 e. The van der Waals surface area contributed by atoms with E-state index in [-0.39, 0.29) is 0 Å². The first-order chi connectivity index (χ1) is 29.2. The lowest BCUT2D eigenvalue weighted by Crippen LogP contribution is -1.98. The molecule has 0 bridgehead atoms. The molecule has 0 amide bonds. The normalized spacial score (nSPS) is 11.7. The summed E-state index contributed by atoms with van der Waals surface area (Å²) in [4.78, 5) is 15.5. The Morgan fingerprint density at radius 1 is 0.356 bits per heavy atom. The molecule has 0 fully saturated rings. The van der Waals surface area contributed by atoms with Crippen LogP contribution in [0.5, 0.6) is 0 Å². The Bertz CT molecular complexity index is 3490. The van der Waals surface area contributed by atoms with Crippen molar-refractivity contribution in [2.24, 2.45) is 0 Å². The molecule has 0 radical (unpaired) electrons. The van der Waals surface area contributed by atoms with Crippen LogP contribution in [0, 0.1) is 0 Å². The summed E-state index contributed by atoms with van der Waals surface area (Å²) in [7, 11) is 0. The quantitative estimate of drug-likeness (QED) is 0.169. The van der Waals surface area contributed by atoms with Gasteiger partial charge < -0.3 is 4.57 Å². The lowest BCUT2D eigenvalue weighted by atomic mass is 10.0. The van der Waals surface area contributed by atoms with E-state index in [2.05, 4.69) is 155 Å². The molecule has 0 aliphatic rings. The molecule has 0 spiro atoms. The zero-order chi connectivity index (χ0) is 38.9. The fourth-order valence-corrected chi connectivity index (χ4v) is 8.62. The Morgan fingerprint density at radius 2 is 0.864 bits per heavy atom. The van der Waals surface area contributed by atoms with E-state index in [1.807, 2.05) is 59.2 Å². The lowest BCUT2D eigenvalue weighted by molar-refractivity contribution is 0.915. The van der Waals surface area contributed by atoms with Gasteiger partial charge in [-0.05, 0) is 77.9 Å². The Kier molecular flexibility index (Phi) is 7.40. The molecule has 7 aromatic carbocycles. The number of rotatable bonds is 6. The monoisotopic (exact) mass is 755 g/mol. The maximum Gasteiger partial charge on any atom is 0.254 e. The summed E-state index contributed by atoms with van der Waals surface area (Å²) in [6.07, 6.45) is 1.94. The summed E-state index contributed by atoms with van der Waals surface area (Å²) in [6.45, 7) is 0. The van der Waals surface area contributed by atoms with Crippen LogP contribution in [0.4, 0.5) is 0 Å².